The van der Waals surface area contributed by atoms with Crippen LogP contribution in [0.4, 0.5) is 0 Å². The summed E-state index contributed by atoms with van der Waals surface area (Å²) in [6.45, 7) is 1.24. The molecule has 1 heteroatoms. The minimum atomic E-state index is 0.950. The van der Waals surface area contributed by atoms with Gasteiger partial charge in [0.15, 0.2) is 0 Å². The summed E-state index contributed by atoms with van der Waals surface area (Å²) in [7, 11) is 2.10. The van der Waals surface area contributed by atoms with Crippen molar-refractivity contribution in [2.24, 2.45) is 5.92 Å². The molecule has 0 aromatic heterocycles. The second kappa shape index (κ2) is 10.1. The average molecular weight is 225 g/mol. The minimum Gasteiger partial charge on any atom is -0.319 e. The average Bonchev–Trinajstić information content (AvgIpc) is 2.31. The van der Waals surface area contributed by atoms with Crippen molar-refractivity contribution in [1.29, 1.82) is 0 Å². The molecule has 0 spiro atoms. The van der Waals surface area contributed by atoms with E-state index in [4.69, 9.17) is 0 Å². The first-order valence-electron chi connectivity index (χ1n) is 7.58. The second-order valence-corrected chi connectivity index (χ2v) is 5.54. The Kier molecular flexibility index (Phi) is 8.88. The minimum absolute atomic E-state index is 0.950. The van der Waals surface area contributed by atoms with Crippen LogP contribution in [0, 0.1) is 5.92 Å². The van der Waals surface area contributed by atoms with E-state index in [0.29, 0.717) is 0 Å². The Labute approximate surface area is 102 Å². The molecule has 1 aliphatic carbocycles. The van der Waals surface area contributed by atoms with E-state index >= 15 is 0 Å². The van der Waals surface area contributed by atoms with Crippen molar-refractivity contribution in [2.75, 3.05) is 13.6 Å². The maximum Gasteiger partial charge on any atom is -0.00235 e. The number of hydrogen-bond acceptors (Lipinski definition) is 1. The molecule has 96 valence electrons. The molecule has 1 fully saturated rings. The van der Waals surface area contributed by atoms with Gasteiger partial charge in [0.2, 0.25) is 0 Å². The van der Waals surface area contributed by atoms with Gasteiger partial charge in [-0.2, -0.15) is 0 Å². The smallest absolute Gasteiger partial charge is 0.00235 e. The summed E-state index contributed by atoms with van der Waals surface area (Å²) in [6, 6.07) is 0. The summed E-state index contributed by atoms with van der Waals surface area (Å²) in [6.07, 6.45) is 17.7. The molecule has 0 bridgehead atoms. The molecule has 1 rings (SSSR count). The molecule has 0 unspecified atom stereocenters. The fraction of sp³-hybridized carbons (Fsp3) is 1.00. The second-order valence-electron chi connectivity index (χ2n) is 5.54. The van der Waals surface area contributed by atoms with Crippen LogP contribution in [0.1, 0.15) is 77.0 Å². The third kappa shape index (κ3) is 7.27. The summed E-state index contributed by atoms with van der Waals surface area (Å²) in [5.41, 5.74) is 0. The molecule has 0 atom stereocenters. The first-order chi connectivity index (χ1) is 7.93. The SMILES string of the molecule is CNCC1CCCCCCCCCCCC1. The summed E-state index contributed by atoms with van der Waals surface area (Å²) >= 11 is 0. The van der Waals surface area contributed by atoms with Crippen LogP contribution in [0.25, 0.3) is 0 Å². The monoisotopic (exact) mass is 225 g/mol. The standard InChI is InChI=1S/C15H31N/c1-16-14-15-12-10-8-6-4-2-3-5-7-9-11-13-15/h15-16H,2-14H2,1H3. The third-order valence-corrected chi connectivity index (χ3v) is 3.97. The van der Waals surface area contributed by atoms with Gasteiger partial charge in [-0.05, 0) is 32.4 Å². The van der Waals surface area contributed by atoms with Gasteiger partial charge in [0.05, 0.1) is 0 Å². The number of nitrogens with one attached hydrogen (secondary N) is 1. The van der Waals surface area contributed by atoms with Gasteiger partial charge in [-0.1, -0.05) is 64.2 Å². The topological polar surface area (TPSA) is 12.0 Å². The third-order valence-electron chi connectivity index (χ3n) is 3.97. The first-order valence-corrected chi connectivity index (χ1v) is 7.58. The van der Waals surface area contributed by atoms with Crippen LogP contribution in [-0.2, 0) is 0 Å². The first kappa shape index (κ1) is 14.0. The Bertz CT molecular complexity index is 130. The molecule has 1 saturated carbocycles. The summed E-state index contributed by atoms with van der Waals surface area (Å²) < 4.78 is 0. The molecule has 1 aliphatic rings. The van der Waals surface area contributed by atoms with E-state index in [-0.39, 0.29) is 0 Å². The van der Waals surface area contributed by atoms with E-state index < -0.39 is 0 Å². The van der Waals surface area contributed by atoms with Gasteiger partial charge in [-0.15, -0.1) is 0 Å². The van der Waals surface area contributed by atoms with Crippen LogP contribution in [-0.4, -0.2) is 13.6 Å². The molecule has 1 N–H and O–H groups in total. The molecule has 0 amide bonds. The number of hydrogen-bond donors (Lipinski definition) is 1. The molecule has 0 aliphatic heterocycles. The van der Waals surface area contributed by atoms with E-state index in [2.05, 4.69) is 12.4 Å². The van der Waals surface area contributed by atoms with Crippen molar-refractivity contribution in [3.63, 3.8) is 0 Å². The highest BCUT2D eigenvalue weighted by Gasteiger charge is 2.07. The van der Waals surface area contributed by atoms with Crippen molar-refractivity contribution >= 4 is 0 Å². The Morgan fingerprint density at radius 3 is 1.44 bits per heavy atom. The Morgan fingerprint density at radius 2 is 1.06 bits per heavy atom. The fourth-order valence-electron chi connectivity index (χ4n) is 2.92. The van der Waals surface area contributed by atoms with Crippen LogP contribution in [0.5, 0.6) is 0 Å². The molecular formula is C15H31N. The summed E-state index contributed by atoms with van der Waals surface area (Å²) in [5, 5.41) is 3.36. The van der Waals surface area contributed by atoms with Crippen molar-refractivity contribution in [3.8, 4) is 0 Å². The van der Waals surface area contributed by atoms with Crippen LogP contribution in [0.15, 0.2) is 0 Å². The van der Waals surface area contributed by atoms with Gasteiger partial charge in [0.1, 0.15) is 0 Å². The molecule has 0 radical (unpaired) electrons. The predicted molar refractivity (Wildman–Crippen MR) is 72.8 cm³/mol. The maximum atomic E-state index is 3.36. The molecule has 1 nitrogen and oxygen atoms in total. The highest BCUT2D eigenvalue weighted by molar-refractivity contribution is 4.63. The molecule has 0 aromatic carbocycles. The van der Waals surface area contributed by atoms with Crippen LogP contribution in [0.3, 0.4) is 0 Å². The molecule has 0 saturated heterocycles. The lowest BCUT2D eigenvalue weighted by Gasteiger charge is -2.16. The normalized spacial score (nSPS) is 23.1. The lowest BCUT2D eigenvalue weighted by atomic mass is 9.95. The lowest BCUT2D eigenvalue weighted by Crippen LogP contribution is -2.18. The highest BCUT2D eigenvalue weighted by atomic mass is 14.8. The molecular weight excluding hydrogens is 194 g/mol. The van der Waals surface area contributed by atoms with Crippen LogP contribution >= 0.6 is 0 Å². The lowest BCUT2D eigenvalue weighted by molar-refractivity contribution is 0.395. The van der Waals surface area contributed by atoms with E-state index in [0.717, 1.165) is 5.92 Å². The Hall–Kier alpha value is -0.0400. The largest absolute Gasteiger partial charge is 0.319 e. The van der Waals surface area contributed by atoms with Gasteiger partial charge >= 0.3 is 0 Å². The van der Waals surface area contributed by atoms with Gasteiger partial charge in [-0.3, -0.25) is 0 Å². The van der Waals surface area contributed by atoms with Gasteiger partial charge in [0.25, 0.3) is 0 Å². The zero-order valence-electron chi connectivity index (χ0n) is 11.3. The van der Waals surface area contributed by atoms with Gasteiger partial charge < -0.3 is 5.32 Å². The van der Waals surface area contributed by atoms with Gasteiger partial charge in [-0.25, -0.2) is 0 Å². The highest BCUT2D eigenvalue weighted by Crippen LogP contribution is 2.20. The van der Waals surface area contributed by atoms with Crippen molar-refractivity contribution in [2.45, 2.75) is 77.0 Å². The summed E-state index contributed by atoms with van der Waals surface area (Å²) in [4.78, 5) is 0. The molecule has 0 heterocycles. The van der Waals surface area contributed by atoms with E-state index in [1.807, 2.05) is 0 Å². The van der Waals surface area contributed by atoms with Crippen LogP contribution < -0.4 is 5.32 Å². The molecule has 0 aromatic rings. The molecule has 16 heavy (non-hydrogen) atoms. The zero-order valence-corrected chi connectivity index (χ0v) is 11.3. The van der Waals surface area contributed by atoms with Crippen LogP contribution in [0.2, 0.25) is 0 Å². The summed E-state index contributed by atoms with van der Waals surface area (Å²) in [5.74, 6) is 0.950. The van der Waals surface area contributed by atoms with E-state index in [9.17, 15) is 0 Å². The quantitative estimate of drug-likeness (QED) is 0.728. The maximum absolute atomic E-state index is 3.36. The Balaban J connectivity index is 2.20. The number of rotatable bonds is 2. The predicted octanol–water partition coefficient (Wildman–Crippen LogP) is 4.52. The van der Waals surface area contributed by atoms with Crippen molar-refractivity contribution in [1.82, 2.24) is 5.32 Å². The zero-order chi connectivity index (χ0) is 11.5. The van der Waals surface area contributed by atoms with Crippen molar-refractivity contribution < 1.29 is 0 Å². The van der Waals surface area contributed by atoms with E-state index in [1.165, 1.54) is 83.6 Å². The Morgan fingerprint density at radius 1 is 0.688 bits per heavy atom. The van der Waals surface area contributed by atoms with Gasteiger partial charge in [0, 0.05) is 0 Å². The fourth-order valence-corrected chi connectivity index (χ4v) is 2.92. The van der Waals surface area contributed by atoms with Crippen molar-refractivity contribution in [3.05, 3.63) is 0 Å². The van der Waals surface area contributed by atoms with E-state index in [1.54, 1.807) is 0 Å².